The number of fused-ring (bicyclic) bond motifs is 1. The topological polar surface area (TPSA) is 68.0 Å². The van der Waals surface area contributed by atoms with E-state index in [0.717, 1.165) is 50.6 Å². The fourth-order valence-corrected chi connectivity index (χ4v) is 3.32. The van der Waals surface area contributed by atoms with Gasteiger partial charge in [-0.25, -0.2) is 0 Å². The molecule has 3 rings (SSSR count). The smallest absolute Gasteiger partial charge is 0.234 e. The highest BCUT2D eigenvalue weighted by molar-refractivity contribution is 5.79. The van der Waals surface area contributed by atoms with Crippen molar-refractivity contribution in [1.29, 1.82) is 0 Å². The minimum atomic E-state index is -0.215. The van der Waals surface area contributed by atoms with Gasteiger partial charge in [0, 0.05) is 32.7 Å². The van der Waals surface area contributed by atoms with Crippen molar-refractivity contribution in [3.05, 3.63) is 23.8 Å². The first-order valence-electron chi connectivity index (χ1n) is 8.31. The Labute approximate surface area is 137 Å². The molecule has 0 bridgehead atoms. The first kappa shape index (κ1) is 16.1. The number of nitrogens with zero attached hydrogens (tertiary/aromatic N) is 2. The molecule has 2 aliphatic rings. The summed E-state index contributed by atoms with van der Waals surface area (Å²) in [7, 11) is 0. The average molecular weight is 319 g/mol. The number of amides is 1. The second-order valence-corrected chi connectivity index (χ2v) is 6.12. The molecular weight excluding hydrogens is 294 g/mol. The quantitative estimate of drug-likeness (QED) is 0.871. The molecule has 2 aliphatic heterocycles. The molecule has 0 aromatic heterocycles. The largest absolute Gasteiger partial charge is 0.486 e. The lowest BCUT2D eigenvalue weighted by molar-refractivity contribution is -0.124. The van der Waals surface area contributed by atoms with Gasteiger partial charge in [-0.15, -0.1) is 0 Å². The number of hydrogen-bond acceptors (Lipinski definition) is 5. The van der Waals surface area contributed by atoms with Crippen molar-refractivity contribution in [2.75, 3.05) is 39.4 Å². The molecule has 0 spiro atoms. The van der Waals surface area contributed by atoms with Gasteiger partial charge >= 0.3 is 0 Å². The van der Waals surface area contributed by atoms with Crippen LogP contribution in [-0.4, -0.2) is 61.1 Å². The van der Waals surface area contributed by atoms with E-state index < -0.39 is 0 Å². The van der Waals surface area contributed by atoms with E-state index in [1.54, 1.807) is 0 Å². The number of primary amides is 1. The predicted octanol–water partition coefficient (Wildman–Crippen LogP) is 0.839. The van der Waals surface area contributed by atoms with Crippen molar-refractivity contribution < 1.29 is 14.3 Å². The van der Waals surface area contributed by atoms with Crippen LogP contribution in [0.3, 0.4) is 0 Å². The highest BCUT2D eigenvalue weighted by atomic mass is 16.6. The molecule has 23 heavy (non-hydrogen) atoms. The summed E-state index contributed by atoms with van der Waals surface area (Å²) in [6, 6.07) is 6.02. The maximum absolute atomic E-state index is 11.5. The zero-order valence-electron chi connectivity index (χ0n) is 13.7. The number of benzene rings is 1. The van der Waals surface area contributed by atoms with Crippen molar-refractivity contribution in [2.45, 2.75) is 25.9 Å². The van der Waals surface area contributed by atoms with Crippen LogP contribution in [0.15, 0.2) is 18.2 Å². The van der Waals surface area contributed by atoms with E-state index in [2.05, 4.69) is 21.9 Å². The van der Waals surface area contributed by atoms with Crippen LogP contribution in [0.25, 0.3) is 0 Å². The summed E-state index contributed by atoms with van der Waals surface area (Å²) in [6.07, 6.45) is 0.775. The van der Waals surface area contributed by atoms with Crippen LogP contribution in [0.1, 0.15) is 18.9 Å². The van der Waals surface area contributed by atoms with Gasteiger partial charge in [0.15, 0.2) is 11.5 Å². The van der Waals surface area contributed by atoms with Gasteiger partial charge in [0.1, 0.15) is 13.2 Å². The molecule has 0 saturated carbocycles. The van der Waals surface area contributed by atoms with Gasteiger partial charge in [0.05, 0.1) is 6.04 Å². The zero-order chi connectivity index (χ0) is 16.2. The molecule has 6 nitrogen and oxygen atoms in total. The molecule has 1 atom stereocenters. The lowest BCUT2D eigenvalue weighted by atomic mass is 10.1. The van der Waals surface area contributed by atoms with Crippen LogP contribution in [0.5, 0.6) is 11.5 Å². The highest BCUT2D eigenvalue weighted by Crippen LogP contribution is 2.31. The van der Waals surface area contributed by atoms with Crippen LogP contribution in [0.4, 0.5) is 0 Å². The van der Waals surface area contributed by atoms with Gasteiger partial charge in [-0.1, -0.05) is 13.0 Å². The lowest BCUT2D eigenvalue weighted by Crippen LogP contribution is -2.53. The molecule has 2 heterocycles. The molecule has 1 saturated heterocycles. The first-order chi connectivity index (χ1) is 11.2. The SMILES string of the molecule is CCC(C(N)=O)N1CCN(Cc2ccc3c(c2)OCCO3)CC1. The van der Waals surface area contributed by atoms with Crippen LogP contribution < -0.4 is 15.2 Å². The van der Waals surface area contributed by atoms with E-state index in [1.165, 1.54) is 5.56 Å². The molecule has 0 aliphatic carbocycles. The molecule has 1 fully saturated rings. The fraction of sp³-hybridized carbons (Fsp3) is 0.588. The standard InChI is InChI=1S/C17H25N3O3/c1-2-14(17(18)21)20-7-5-19(6-8-20)12-13-3-4-15-16(11-13)23-10-9-22-15/h3-4,11,14H,2,5-10,12H2,1H3,(H2,18,21). The number of piperazine rings is 1. The first-order valence-corrected chi connectivity index (χ1v) is 8.31. The molecule has 2 N–H and O–H groups in total. The number of carbonyl (C=O) groups excluding carboxylic acids is 1. The van der Waals surface area contributed by atoms with Crippen molar-refractivity contribution in [2.24, 2.45) is 5.73 Å². The average Bonchev–Trinajstić information content (AvgIpc) is 2.57. The van der Waals surface area contributed by atoms with E-state index in [4.69, 9.17) is 15.2 Å². The molecular formula is C17H25N3O3. The molecule has 6 heteroatoms. The van der Waals surface area contributed by atoms with E-state index >= 15 is 0 Å². The fourth-order valence-electron chi connectivity index (χ4n) is 3.32. The maximum atomic E-state index is 11.5. The normalized spacial score (nSPS) is 20.2. The molecule has 0 radical (unpaired) electrons. The van der Waals surface area contributed by atoms with Crippen LogP contribution in [-0.2, 0) is 11.3 Å². The van der Waals surface area contributed by atoms with Crippen molar-refractivity contribution in [1.82, 2.24) is 9.80 Å². The Balaban J connectivity index is 1.55. The zero-order valence-corrected chi connectivity index (χ0v) is 13.7. The Morgan fingerprint density at radius 1 is 1.17 bits per heavy atom. The Hall–Kier alpha value is -1.79. The number of rotatable bonds is 5. The maximum Gasteiger partial charge on any atom is 0.234 e. The van der Waals surface area contributed by atoms with Crippen molar-refractivity contribution >= 4 is 5.91 Å². The third-order valence-corrected chi connectivity index (χ3v) is 4.58. The number of nitrogens with two attached hydrogens (primary N) is 1. The third kappa shape index (κ3) is 3.76. The summed E-state index contributed by atoms with van der Waals surface area (Å²) in [4.78, 5) is 16.1. The molecule has 1 aromatic carbocycles. The summed E-state index contributed by atoms with van der Waals surface area (Å²) in [5.41, 5.74) is 6.71. The van der Waals surface area contributed by atoms with Gasteiger partial charge in [-0.05, 0) is 24.1 Å². The highest BCUT2D eigenvalue weighted by Gasteiger charge is 2.26. The van der Waals surface area contributed by atoms with Crippen molar-refractivity contribution in [3.8, 4) is 11.5 Å². The Bertz CT molecular complexity index is 556. The van der Waals surface area contributed by atoms with Gasteiger partial charge in [0.2, 0.25) is 5.91 Å². The van der Waals surface area contributed by atoms with Gasteiger partial charge < -0.3 is 15.2 Å². The predicted molar refractivity (Wildman–Crippen MR) is 87.6 cm³/mol. The minimum Gasteiger partial charge on any atom is -0.486 e. The monoisotopic (exact) mass is 319 g/mol. The summed E-state index contributed by atoms with van der Waals surface area (Å²) < 4.78 is 11.2. The second-order valence-electron chi connectivity index (χ2n) is 6.12. The Morgan fingerprint density at radius 3 is 2.52 bits per heavy atom. The van der Waals surface area contributed by atoms with Gasteiger partial charge in [-0.2, -0.15) is 0 Å². The van der Waals surface area contributed by atoms with E-state index in [9.17, 15) is 4.79 Å². The molecule has 126 valence electrons. The number of hydrogen-bond donors (Lipinski definition) is 1. The van der Waals surface area contributed by atoms with Crippen molar-refractivity contribution in [3.63, 3.8) is 0 Å². The second kappa shape index (κ2) is 7.19. The number of carbonyl (C=O) groups is 1. The minimum absolute atomic E-state index is 0.133. The van der Waals surface area contributed by atoms with Crippen LogP contribution >= 0.6 is 0 Å². The molecule has 1 unspecified atom stereocenters. The van der Waals surface area contributed by atoms with E-state index in [-0.39, 0.29) is 11.9 Å². The van der Waals surface area contributed by atoms with E-state index in [1.807, 2.05) is 13.0 Å². The summed E-state index contributed by atoms with van der Waals surface area (Å²) in [6.45, 7) is 7.77. The molecule has 1 amide bonds. The van der Waals surface area contributed by atoms with Crippen LogP contribution in [0, 0.1) is 0 Å². The van der Waals surface area contributed by atoms with Crippen LogP contribution in [0.2, 0.25) is 0 Å². The third-order valence-electron chi connectivity index (χ3n) is 4.58. The molecule has 1 aromatic rings. The van der Waals surface area contributed by atoms with Gasteiger partial charge in [-0.3, -0.25) is 14.6 Å². The van der Waals surface area contributed by atoms with E-state index in [0.29, 0.717) is 13.2 Å². The summed E-state index contributed by atoms with van der Waals surface area (Å²) >= 11 is 0. The summed E-state index contributed by atoms with van der Waals surface area (Å²) in [5.74, 6) is 1.46. The Morgan fingerprint density at radius 2 is 1.87 bits per heavy atom. The van der Waals surface area contributed by atoms with Gasteiger partial charge in [0.25, 0.3) is 0 Å². The Kier molecular flexibility index (Phi) is 5.03. The lowest BCUT2D eigenvalue weighted by Gasteiger charge is -2.37. The summed E-state index contributed by atoms with van der Waals surface area (Å²) in [5, 5.41) is 0. The number of ether oxygens (including phenoxy) is 2.